The molecule has 10 heteroatoms. The van der Waals surface area contributed by atoms with E-state index >= 15 is 0 Å². The second-order valence-electron chi connectivity index (χ2n) is 8.00. The molecule has 0 aromatic heterocycles. The van der Waals surface area contributed by atoms with Gasteiger partial charge in [0.2, 0.25) is 10.0 Å². The zero-order valence-corrected chi connectivity index (χ0v) is 19.7. The van der Waals surface area contributed by atoms with Crippen LogP contribution < -0.4 is 15.5 Å². The van der Waals surface area contributed by atoms with Gasteiger partial charge in [-0.25, -0.2) is 22.0 Å². The summed E-state index contributed by atoms with van der Waals surface area (Å²) >= 11 is 0. The van der Waals surface area contributed by atoms with E-state index in [0.29, 0.717) is 38.4 Å². The summed E-state index contributed by atoms with van der Waals surface area (Å²) in [5.74, 6) is -1.53. The number of sulfonamides is 1. The van der Waals surface area contributed by atoms with Gasteiger partial charge >= 0.3 is 6.03 Å². The van der Waals surface area contributed by atoms with Gasteiger partial charge in [-0.05, 0) is 42.2 Å². The SMILES string of the molecule is CCN(CC)S(=O)(=O)c1ccc(CNC(=O)NCC2CCN(c3ccc(F)c(F)c3)C2)cc1. The molecule has 0 bridgehead atoms. The van der Waals surface area contributed by atoms with Crippen LogP contribution in [0.15, 0.2) is 47.4 Å². The maximum atomic E-state index is 13.5. The number of hydrogen-bond acceptors (Lipinski definition) is 4. The molecule has 2 N–H and O–H groups in total. The minimum absolute atomic E-state index is 0.202. The maximum absolute atomic E-state index is 13.5. The molecule has 1 aliphatic heterocycles. The molecule has 3 rings (SSSR count). The van der Waals surface area contributed by atoms with Crippen molar-refractivity contribution in [3.8, 4) is 0 Å². The van der Waals surface area contributed by atoms with Crippen LogP contribution in [0.25, 0.3) is 0 Å². The fourth-order valence-corrected chi connectivity index (χ4v) is 5.35. The molecule has 1 unspecified atom stereocenters. The Labute approximate surface area is 193 Å². The van der Waals surface area contributed by atoms with Crippen LogP contribution in [-0.4, -0.2) is 51.5 Å². The second kappa shape index (κ2) is 10.9. The second-order valence-corrected chi connectivity index (χ2v) is 9.93. The Kier molecular flexibility index (Phi) is 8.25. The number of rotatable bonds is 9. The molecule has 2 amide bonds. The Bertz CT molecular complexity index is 1060. The van der Waals surface area contributed by atoms with Crippen LogP contribution in [0.2, 0.25) is 0 Å². The van der Waals surface area contributed by atoms with Gasteiger partial charge in [0, 0.05) is 51.0 Å². The molecule has 0 radical (unpaired) electrons. The zero-order chi connectivity index (χ0) is 24.0. The average Bonchev–Trinajstić information content (AvgIpc) is 3.28. The highest BCUT2D eigenvalue weighted by Gasteiger charge is 2.24. The van der Waals surface area contributed by atoms with E-state index in [0.717, 1.165) is 18.1 Å². The summed E-state index contributed by atoms with van der Waals surface area (Å²) in [6, 6.07) is 10.0. The van der Waals surface area contributed by atoms with E-state index in [9.17, 15) is 22.0 Å². The van der Waals surface area contributed by atoms with Crippen molar-refractivity contribution in [2.75, 3.05) is 37.6 Å². The van der Waals surface area contributed by atoms with Gasteiger partial charge in [0.05, 0.1) is 4.90 Å². The van der Waals surface area contributed by atoms with Crippen molar-refractivity contribution in [1.29, 1.82) is 0 Å². The van der Waals surface area contributed by atoms with E-state index < -0.39 is 21.7 Å². The fraction of sp³-hybridized carbons (Fsp3) is 0.435. The molecule has 1 aliphatic rings. The molecule has 1 heterocycles. The van der Waals surface area contributed by atoms with Gasteiger partial charge in [0.15, 0.2) is 11.6 Å². The molecule has 33 heavy (non-hydrogen) atoms. The third-order valence-electron chi connectivity index (χ3n) is 5.83. The molecule has 1 fully saturated rings. The number of halogens is 2. The van der Waals surface area contributed by atoms with Crippen molar-refractivity contribution in [3.63, 3.8) is 0 Å². The minimum Gasteiger partial charge on any atom is -0.371 e. The third-order valence-corrected chi connectivity index (χ3v) is 7.89. The summed E-state index contributed by atoms with van der Waals surface area (Å²) in [5, 5.41) is 5.61. The number of hydrogen-bond donors (Lipinski definition) is 2. The van der Waals surface area contributed by atoms with Crippen LogP contribution in [0.1, 0.15) is 25.8 Å². The first-order chi connectivity index (χ1) is 15.7. The van der Waals surface area contributed by atoms with Crippen molar-refractivity contribution in [1.82, 2.24) is 14.9 Å². The standard InChI is InChI=1S/C23H30F2N4O3S/c1-3-29(4-2)33(31,32)20-8-5-17(6-9-20)14-26-23(30)27-15-18-11-12-28(16-18)19-7-10-21(24)22(25)13-19/h5-10,13,18H,3-4,11-12,14-16H2,1-2H3,(H2,26,27,30). The molecular formula is C23H30F2N4O3S. The lowest BCUT2D eigenvalue weighted by atomic mass is 10.1. The van der Waals surface area contributed by atoms with Crippen LogP contribution in [-0.2, 0) is 16.6 Å². The maximum Gasteiger partial charge on any atom is 0.315 e. The molecule has 180 valence electrons. The van der Waals surface area contributed by atoms with E-state index in [4.69, 9.17) is 0 Å². The van der Waals surface area contributed by atoms with Gasteiger partial charge in [0.25, 0.3) is 0 Å². The number of nitrogens with zero attached hydrogens (tertiary/aromatic N) is 2. The molecule has 2 aromatic rings. The van der Waals surface area contributed by atoms with Crippen LogP contribution >= 0.6 is 0 Å². The smallest absolute Gasteiger partial charge is 0.315 e. The average molecular weight is 481 g/mol. The number of carbonyl (C=O) groups is 1. The van der Waals surface area contributed by atoms with Crippen molar-refractivity contribution in [2.45, 2.75) is 31.7 Å². The summed E-state index contributed by atoms with van der Waals surface area (Å²) < 4.78 is 53.0. The summed E-state index contributed by atoms with van der Waals surface area (Å²) in [6.45, 7) is 6.49. The first kappa shape index (κ1) is 24.9. The lowest BCUT2D eigenvalue weighted by molar-refractivity contribution is 0.239. The van der Waals surface area contributed by atoms with E-state index in [1.165, 1.54) is 10.4 Å². The quantitative estimate of drug-likeness (QED) is 0.577. The van der Waals surface area contributed by atoms with Gasteiger partial charge in [0.1, 0.15) is 0 Å². The Hall–Kier alpha value is -2.72. The highest BCUT2D eigenvalue weighted by atomic mass is 32.2. The van der Waals surface area contributed by atoms with Crippen LogP contribution in [0.5, 0.6) is 0 Å². The molecule has 7 nitrogen and oxygen atoms in total. The van der Waals surface area contributed by atoms with Gasteiger partial charge in [-0.15, -0.1) is 0 Å². The molecule has 1 atom stereocenters. The normalized spacial score (nSPS) is 16.3. The summed E-state index contributed by atoms with van der Waals surface area (Å²) in [5.41, 5.74) is 1.42. The van der Waals surface area contributed by atoms with Crippen LogP contribution in [0.4, 0.5) is 19.3 Å². The number of carbonyl (C=O) groups excluding carboxylic acids is 1. The first-order valence-electron chi connectivity index (χ1n) is 11.0. The summed E-state index contributed by atoms with van der Waals surface area (Å²) in [4.78, 5) is 14.4. The predicted octanol–water partition coefficient (Wildman–Crippen LogP) is 3.32. The van der Waals surface area contributed by atoms with Crippen molar-refractivity contribution in [2.24, 2.45) is 5.92 Å². The summed E-state index contributed by atoms with van der Waals surface area (Å²) in [7, 11) is -3.51. The Morgan fingerprint density at radius 2 is 1.76 bits per heavy atom. The van der Waals surface area contributed by atoms with Gasteiger partial charge < -0.3 is 15.5 Å². The molecule has 0 spiro atoms. The number of urea groups is 1. The molecule has 2 aromatic carbocycles. The lowest BCUT2D eigenvalue weighted by Gasteiger charge is -2.19. The fourth-order valence-electron chi connectivity index (χ4n) is 3.89. The van der Waals surface area contributed by atoms with Crippen molar-refractivity contribution < 1.29 is 22.0 Å². The molecule has 1 saturated heterocycles. The highest BCUT2D eigenvalue weighted by Crippen LogP contribution is 2.25. The zero-order valence-electron chi connectivity index (χ0n) is 18.9. The minimum atomic E-state index is -3.51. The Balaban J connectivity index is 1.44. The topological polar surface area (TPSA) is 81.8 Å². The number of amides is 2. The predicted molar refractivity (Wildman–Crippen MR) is 123 cm³/mol. The Morgan fingerprint density at radius 1 is 1.06 bits per heavy atom. The number of anilines is 1. The van der Waals surface area contributed by atoms with E-state index in [1.54, 1.807) is 44.2 Å². The van der Waals surface area contributed by atoms with E-state index in [-0.39, 0.29) is 23.4 Å². The molecule has 0 aliphatic carbocycles. The first-order valence-corrected chi connectivity index (χ1v) is 12.5. The summed E-state index contributed by atoms with van der Waals surface area (Å²) in [6.07, 6.45) is 0.835. The van der Waals surface area contributed by atoms with Crippen LogP contribution in [0.3, 0.4) is 0 Å². The highest BCUT2D eigenvalue weighted by molar-refractivity contribution is 7.89. The number of benzene rings is 2. The van der Waals surface area contributed by atoms with Crippen molar-refractivity contribution in [3.05, 3.63) is 59.7 Å². The van der Waals surface area contributed by atoms with E-state index in [2.05, 4.69) is 10.6 Å². The lowest BCUT2D eigenvalue weighted by Crippen LogP contribution is -2.38. The molecular weight excluding hydrogens is 450 g/mol. The van der Waals surface area contributed by atoms with E-state index in [1.807, 2.05) is 4.90 Å². The molecule has 0 saturated carbocycles. The van der Waals surface area contributed by atoms with Gasteiger partial charge in [-0.1, -0.05) is 26.0 Å². The number of nitrogens with one attached hydrogen (secondary N) is 2. The van der Waals surface area contributed by atoms with Crippen molar-refractivity contribution >= 4 is 21.7 Å². The largest absolute Gasteiger partial charge is 0.371 e. The van der Waals surface area contributed by atoms with Gasteiger partial charge in [-0.2, -0.15) is 4.31 Å². The van der Waals surface area contributed by atoms with Gasteiger partial charge in [-0.3, -0.25) is 0 Å². The third kappa shape index (κ3) is 6.20. The Morgan fingerprint density at radius 3 is 2.39 bits per heavy atom. The van der Waals surface area contributed by atoms with Crippen LogP contribution in [0, 0.1) is 17.6 Å². The monoisotopic (exact) mass is 480 g/mol.